The van der Waals surface area contributed by atoms with Crippen LogP contribution in [-0.4, -0.2) is 34.5 Å². The summed E-state index contributed by atoms with van der Waals surface area (Å²) in [7, 11) is 3.88. The molecule has 0 atom stereocenters. The molecule has 0 saturated heterocycles. The number of guanidine groups is 1. The first-order chi connectivity index (χ1) is 13.1. The minimum absolute atomic E-state index is 0. The summed E-state index contributed by atoms with van der Waals surface area (Å²) >= 11 is 0. The third kappa shape index (κ3) is 6.37. The van der Waals surface area contributed by atoms with Crippen molar-refractivity contribution in [1.82, 2.24) is 19.8 Å². The van der Waals surface area contributed by atoms with E-state index in [1.54, 1.807) is 6.20 Å². The third-order valence-electron chi connectivity index (χ3n) is 4.51. The second-order valence-corrected chi connectivity index (χ2v) is 6.79. The molecule has 28 heavy (non-hydrogen) atoms. The molecular weight excluding hydrogens is 461 g/mol. The Bertz CT molecular complexity index is 855. The van der Waals surface area contributed by atoms with E-state index in [-0.39, 0.29) is 24.0 Å². The minimum Gasteiger partial charge on any atom is -0.352 e. The van der Waals surface area contributed by atoms with Crippen LogP contribution in [0.5, 0.6) is 0 Å². The van der Waals surface area contributed by atoms with Gasteiger partial charge in [0.1, 0.15) is 0 Å². The summed E-state index contributed by atoms with van der Waals surface area (Å²) in [6, 6.07) is 17.3. The lowest BCUT2D eigenvalue weighted by atomic mass is 10.1. The first kappa shape index (κ1) is 21.9. The summed E-state index contributed by atoms with van der Waals surface area (Å²) < 4.78 is 2.06. The van der Waals surface area contributed by atoms with Crippen LogP contribution in [0.4, 0.5) is 0 Å². The van der Waals surface area contributed by atoms with Gasteiger partial charge in [-0.15, -0.1) is 24.0 Å². The van der Waals surface area contributed by atoms with E-state index < -0.39 is 0 Å². The predicted molar refractivity (Wildman–Crippen MR) is 126 cm³/mol. The average Bonchev–Trinajstić information content (AvgIpc) is 3.18. The van der Waals surface area contributed by atoms with Crippen LogP contribution in [0.3, 0.4) is 0 Å². The highest BCUT2D eigenvalue weighted by atomic mass is 127. The van der Waals surface area contributed by atoms with Crippen LogP contribution in [0.1, 0.15) is 22.3 Å². The maximum atomic E-state index is 4.41. The lowest BCUT2D eigenvalue weighted by Crippen LogP contribution is -2.38. The molecule has 2 aromatic carbocycles. The predicted octanol–water partition coefficient (Wildman–Crippen LogP) is 4.07. The van der Waals surface area contributed by atoms with Crippen LogP contribution in [0.2, 0.25) is 0 Å². The molecule has 6 heteroatoms. The van der Waals surface area contributed by atoms with Crippen molar-refractivity contribution < 1.29 is 0 Å². The van der Waals surface area contributed by atoms with E-state index in [9.17, 15) is 0 Å². The summed E-state index contributed by atoms with van der Waals surface area (Å²) in [5, 5.41) is 3.44. The van der Waals surface area contributed by atoms with Crippen LogP contribution in [-0.2, 0) is 19.6 Å². The van der Waals surface area contributed by atoms with E-state index in [0.29, 0.717) is 0 Å². The van der Waals surface area contributed by atoms with Gasteiger partial charge in [0, 0.05) is 46.1 Å². The molecule has 0 aliphatic heterocycles. The van der Waals surface area contributed by atoms with Gasteiger partial charge >= 0.3 is 0 Å². The van der Waals surface area contributed by atoms with E-state index >= 15 is 0 Å². The SMILES string of the molecule is CN=C(NCc1ccc(Cn2ccnc2)cc1)N(C)Cc1ccc(C)cc1.I. The van der Waals surface area contributed by atoms with Gasteiger partial charge in [0.15, 0.2) is 5.96 Å². The molecule has 0 radical (unpaired) electrons. The molecule has 0 aliphatic rings. The smallest absolute Gasteiger partial charge is 0.193 e. The molecule has 0 amide bonds. The molecule has 1 N–H and O–H groups in total. The Morgan fingerprint density at radius 3 is 2.29 bits per heavy atom. The molecule has 148 valence electrons. The second-order valence-electron chi connectivity index (χ2n) is 6.79. The van der Waals surface area contributed by atoms with Crippen molar-refractivity contribution in [3.8, 4) is 0 Å². The Kier molecular flexibility index (Phi) is 8.50. The van der Waals surface area contributed by atoms with Crippen LogP contribution < -0.4 is 5.32 Å². The van der Waals surface area contributed by atoms with Gasteiger partial charge in [-0.05, 0) is 23.6 Å². The summed E-state index contributed by atoms with van der Waals surface area (Å²) in [6.45, 7) is 4.52. The highest BCUT2D eigenvalue weighted by molar-refractivity contribution is 14.0. The summed E-state index contributed by atoms with van der Waals surface area (Å²) in [4.78, 5) is 10.6. The van der Waals surface area contributed by atoms with Crippen LogP contribution in [0.15, 0.2) is 72.2 Å². The second kappa shape index (κ2) is 10.8. The lowest BCUT2D eigenvalue weighted by molar-refractivity contribution is 0.476. The number of aryl methyl sites for hydroxylation is 1. The van der Waals surface area contributed by atoms with E-state index in [2.05, 4.69) is 87.3 Å². The van der Waals surface area contributed by atoms with Gasteiger partial charge < -0.3 is 14.8 Å². The van der Waals surface area contributed by atoms with Gasteiger partial charge in [-0.25, -0.2) is 4.98 Å². The summed E-state index contributed by atoms with van der Waals surface area (Å²) in [6.07, 6.45) is 5.61. The van der Waals surface area contributed by atoms with Crippen molar-refractivity contribution in [1.29, 1.82) is 0 Å². The Balaban J connectivity index is 0.00000280. The minimum atomic E-state index is 0. The monoisotopic (exact) mass is 489 g/mol. The zero-order valence-electron chi connectivity index (χ0n) is 16.7. The molecule has 0 spiro atoms. The number of aromatic nitrogens is 2. The van der Waals surface area contributed by atoms with Crippen LogP contribution in [0.25, 0.3) is 0 Å². The zero-order valence-corrected chi connectivity index (χ0v) is 19.0. The highest BCUT2D eigenvalue weighted by Gasteiger charge is 2.06. The number of nitrogens with one attached hydrogen (secondary N) is 1. The Labute approximate surface area is 184 Å². The molecule has 3 aromatic rings. The summed E-state index contributed by atoms with van der Waals surface area (Å²) in [5.41, 5.74) is 5.04. The highest BCUT2D eigenvalue weighted by Crippen LogP contribution is 2.08. The van der Waals surface area contributed by atoms with Crippen molar-refractivity contribution in [3.05, 3.63) is 89.5 Å². The molecule has 0 bridgehead atoms. The normalized spacial score (nSPS) is 11.0. The number of imidazole rings is 1. The number of halogens is 1. The fourth-order valence-electron chi connectivity index (χ4n) is 2.96. The van der Waals surface area contributed by atoms with Crippen molar-refractivity contribution in [2.24, 2.45) is 4.99 Å². The lowest BCUT2D eigenvalue weighted by Gasteiger charge is -2.22. The number of hydrogen-bond donors (Lipinski definition) is 1. The van der Waals surface area contributed by atoms with Gasteiger partial charge in [-0.2, -0.15) is 0 Å². The van der Waals surface area contributed by atoms with Gasteiger partial charge in [0.25, 0.3) is 0 Å². The molecule has 5 nitrogen and oxygen atoms in total. The van der Waals surface area contributed by atoms with E-state index in [4.69, 9.17) is 0 Å². The average molecular weight is 489 g/mol. The van der Waals surface area contributed by atoms with E-state index in [1.807, 2.05) is 19.6 Å². The Hall–Kier alpha value is -2.35. The quantitative estimate of drug-likeness (QED) is 0.323. The van der Waals surface area contributed by atoms with E-state index in [1.165, 1.54) is 22.3 Å². The van der Waals surface area contributed by atoms with Gasteiger partial charge in [0.2, 0.25) is 0 Å². The number of aliphatic imine (C=N–C) groups is 1. The van der Waals surface area contributed by atoms with E-state index in [0.717, 1.165) is 25.6 Å². The maximum Gasteiger partial charge on any atom is 0.193 e. The molecule has 3 rings (SSSR count). The fraction of sp³-hybridized carbons (Fsp3) is 0.273. The number of hydrogen-bond acceptors (Lipinski definition) is 2. The van der Waals surface area contributed by atoms with Crippen molar-refractivity contribution >= 4 is 29.9 Å². The first-order valence-corrected chi connectivity index (χ1v) is 9.15. The van der Waals surface area contributed by atoms with Crippen LogP contribution in [0, 0.1) is 6.92 Å². The molecule has 1 aromatic heterocycles. The third-order valence-corrected chi connectivity index (χ3v) is 4.51. The van der Waals surface area contributed by atoms with Gasteiger partial charge in [0.05, 0.1) is 6.33 Å². The number of rotatable bonds is 6. The standard InChI is InChI=1S/C22H27N5.HI/c1-18-4-6-20(7-5-18)15-26(3)22(23-2)25-14-19-8-10-21(11-9-19)16-27-13-12-24-17-27;/h4-13,17H,14-16H2,1-3H3,(H,23,25);1H. The van der Waals surface area contributed by atoms with Gasteiger partial charge in [-0.3, -0.25) is 4.99 Å². The fourth-order valence-corrected chi connectivity index (χ4v) is 2.96. The maximum absolute atomic E-state index is 4.41. The van der Waals surface area contributed by atoms with Crippen molar-refractivity contribution in [2.75, 3.05) is 14.1 Å². The largest absolute Gasteiger partial charge is 0.352 e. The molecule has 0 aliphatic carbocycles. The molecule has 0 saturated carbocycles. The Morgan fingerprint density at radius 2 is 1.68 bits per heavy atom. The summed E-state index contributed by atoms with van der Waals surface area (Å²) in [5.74, 6) is 0.887. The molecule has 0 unspecified atom stereocenters. The molecule has 0 fully saturated rings. The topological polar surface area (TPSA) is 45.5 Å². The zero-order chi connectivity index (χ0) is 19.1. The Morgan fingerprint density at radius 1 is 1.04 bits per heavy atom. The van der Waals surface area contributed by atoms with Crippen molar-refractivity contribution in [2.45, 2.75) is 26.6 Å². The molecular formula is C22H28IN5. The first-order valence-electron chi connectivity index (χ1n) is 9.15. The van der Waals surface area contributed by atoms with Crippen molar-refractivity contribution in [3.63, 3.8) is 0 Å². The molecule has 1 heterocycles. The van der Waals surface area contributed by atoms with Crippen LogP contribution >= 0.6 is 24.0 Å². The van der Waals surface area contributed by atoms with Gasteiger partial charge in [-0.1, -0.05) is 54.1 Å². The number of benzene rings is 2. The number of nitrogens with zero attached hydrogens (tertiary/aromatic N) is 4.